The molecule has 0 heterocycles. The highest BCUT2D eigenvalue weighted by molar-refractivity contribution is 7.99. The summed E-state index contributed by atoms with van der Waals surface area (Å²) < 4.78 is 0. The molecule has 0 aliphatic carbocycles. The van der Waals surface area contributed by atoms with Crippen molar-refractivity contribution in [3.63, 3.8) is 0 Å². The summed E-state index contributed by atoms with van der Waals surface area (Å²) in [5, 5.41) is 9.67. The third kappa shape index (κ3) is 6.64. The molecule has 0 radical (unpaired) electrons. The average Bonchev–Trinajstić information content (AvgIpc) is 2.29. The van der Waals surface area contributed by atoms with Crippen molar-refractivity contribution in [2.24, 2.45) is 0 Å². The Kier molecular flexibility index (Phi) is 5.88. The maximum absolute atomic E-state index is 11.9. The van der Waals surface area contributed by atoms with Crippen LogP contribution in [0.4, 0.5) is 0 Å². The molecule has 0 atom stereocenters. The predicted molar refractivity (Wildman–Crippen MR) is 81.3 cm³/mol. The van der Waals surface area contributed by atoms with Crippen LogP contribution in [-0.4, -0.2) is 40.9 Å². The summed E-state index contributed by atoms with van der Waals surface area (Å²) in [5.74, 6) is 1.34. The van der Waals surface area contributed by atoms with E-state index in [1.165, 1.54) is 11.1 Å². The van der Waals surface area contributed by atoms with E-state index in [1.54, 1.807) is 37.6 Å². The molecular formula is C15H23NO2S. The monoisotopic (exact) mass is 281 g/mol. The van der Waals surface area contributed by atoms with E-state index >= 15 is 0 Å². The van der Waals surface area contributed by atoms with E-state index < -0.39 is 5.60 Å². The van der Waals surface area contributed by atoms with Crippen LogP contribution < -0.4 is 0 Å². The van der Waals surface area contributed by atoms with E-state index in [4.69, 9.17) is 0 Å². The van der Waals surface area contributed by atoms with Gasteiger partial charge in [-0.15, -0.1) is 11.8 Å². The van der Waals surface area contributed by atoms with Gasteiger partial charge in [0.1, 0.15) is 0 Å². The van der Waals surface area contributed by atoms with Gasteiger partial charge in [0.15, 0.2) is 0 Å². The zero-order chi connectivity index (χ0) is 14.5. The molecule has 1 aromatic carbocycles. The Morgan fingerprint density at radius 2 is 1.89 bits per heavy atom. The van der Waals surface area contributed by atoms with Gasteiger partial charge in [0, 0.05) is 19.3 Å². The number of nitrogens with zero attached hydrogens (tertiary/aromatic N) is 1. The molecule has 0 aliphatic heterocycles. The fourth-order valence-corrected chi connectivity index (χ4v) is 2.64. The van der Waals surface area contributed by atoms with Crippen LogP contribution in [-0.2, 0) is 10.5 Å². The average molecular weight is 281 g/mol. The lowest BCUT2D eigenvalue weighted by Crippen LogP contribution is -2.40. The van der Waals surface area contributed by atoms with Crippen molar-refractivity contribution in [3.8, 4) is 0 Å². The van der Waals surface area contributed by atoms with Crippen molar-refractivity contribution in [3.05, 3.63) is 35.4 Å². The fraction of sp³-hybridized carbons (Fsp3) is 0.533. The molecule has 0 bridgehead atoms. The van der Waals surface area contributed by atoms with E-state index in [-0.39, 0.29) is 5.91 Å². The second kappa shape index (κ2) is 6.96. The van der Waals surface area contributed by atoms with Crippen molar-refractivity contribution < 1.29 is 9.90 Å². The number of amides is 1. The van der Waals surface area contributed by atoms with E-state index in [2.05, 4.69) is 31.2 Å². The minimum atomic E-state index is -0.841. The van der Waals surface area contributed by atoms with Crippen molar-refractivity contribution >= 4 is 17.7 Å². The molecule has 3 nitrogen and oxygen atoms in total. The molecule has 4 heteroatoms. The van der Waals surface area contributed by atoms with Gasteiger partial charge in [-0.1, -0.05) is 29.8 Å². The Labute approximate surface area is 120 Å². The van der Waals surface area contributed by atoms with Gasteiger partial charge in [-0.2, -0.15) is 0 Å². The van der Waals surface area contributed by atoms with Gasteiger partial charge in [-0.3, -0.25) is 4.79 Å². The highest BCUT2D eigenvalue weighted by atomic mass is 32.2. The molecule has 19 heavy (non-hydrogen) atoms. The van der Waals surface area contributed by atoms with Gasteiger partial charge >= 0.3 is 0 Å². The number of carbonyl (C=O) groups is 1. The molecule has 1 aromatic rings. The summed E-state index contributed by atoms with van der Waals surface area (Å²) in [6, 6.07) is 8.34. The number of hydrogen-bond donors (Lipinski definition) is 1. The van der Waals surface area contributed by atoms with Crippen molar-refractivity contribution in [2.75, 3.05) is 19.3 Å². The van der Waals surface area contributed by atoms with Crippen LogP contribution in [0.3, 0.4) is 0 Å². The first-order valence-corrected chi connectivity index (χ1v) is 7.53. The van der Waals surface area contributed by atoms with Gasteiger partial charge in [-0.05, 0) is 26.3 Å². The van der Waals surface area contributed by atoms with Crippen LogP contribution in [0, 0.1) is 6.92 Å². The quantitative estimate of drug-likeness (QED) is 0.871. The maximum atomic E-state index is 11.9. The number of aryl methyl sites for hydroxylation is 1. The van der Waals surface area contributed by atoms with Gasteiger partial charge in [0.2, 0.25) is 5.91 Å². The summed E-state index contributed by atoms with van der Waals surface area (Å²) >= 11 is 1.60. The van der Waals surface area contributed by atoms with Crippen LogP contribution >= 0.6 is 11.8 Å². The molecule has 1 rings (SSSR count). The molecule has 0 aliphatic rings. The number of aliphatic hydroxyl groups is 1. The number of thioether (sulfide) groups is 1. The Bertz CT molecular complexity index is 409. The molecule has 0 fully saturated rings. The number of rotatable bonds is 6. The number of hydrogen-bond acceptors (Lipinski definition) is 3. The van der Waals surface area contributed by atoms with Gasteiger partial charge < -0.3 is 10.0 Å². The van der Waals surface area contributed by atoms with Crippen LogP contribution in [0.1, 0.15) is 25.0 Å². The van der Waals surface area contributed by atoms with E-state index in [1.807, 2.05) is 0 Å². The lowest BCUT2D eigenvalue weighted by molar-refractivity contribution is -0.129. The Morgan fingerprint density at radius 3 is 2.42 bits per heavy atom. The zero-order valence-corrected chi connectivity index (χ0v) is 13.0. The standard InChI is InChI=1S/C15H23NO2S/c1-12-5-7-13(8-6-12)9-19-10-14(17)16(4)11-15(2,3)18/h5-8,18H,9-11H2,1-4H3. The Balaban J connectivity index is 2.32. The first-order chi connectivity index (χ1) is 8.78. The lowest BCUT2D eigenvalue weighted by atomic mass is 10.1. The number of carbonyl (C=O) groups excluding carboxylic acids is 1. The number of benzene rings is 1. The zero-order valence-electron chi connectivity index (χ0n) is 12.1. The van der Waals surface area contributed by atoms with Crippen molar-refractivity contribution in [1.29, 1.82) is 0 Å². The molecule has 0 spiro atoms. The fourth-order valence-electron chi connectivity index (χ4n) is 1.72. The maximum Gasteiger partial charge on any atom is 0.232 e. The van der Waals surface area contributed by atoms with Gasteiger partial charge in [0.05, 0.1) is 11.4 Å². The highest BCUT2D eigenvalue weighted by Gasteiger charge is 2.18. The van der Waals surface area contributed by atoms with Crippen LogP contribution in [0.25, 0.3) is 0 Å². The number of likely N-dealkylation sites (N-methyl/N-ethyl adjacent to an activating group) is 1. The molecule has 0 saturated heterocycles. The molecule has 0 saturated carbocycles. The van der Waals surface area contributed by atoms with Crippen molar-refractivity contribution in [2.45, 2.75) is 32.1 Å². The largest absolute Gasteiger partial charge is 0.389 e. The summed E-state index contributed by atoms with van der Waals surface area (Å²) in [6.07, 6.45) is 0. The second-order valence-corrected chi connectivity index (χ2v) is 6.53. The minimum Gasteiger partial charge on any atom is -0.389 e. The highest BCUT2D eigenvalue weighted by Crippen LogP contribution is 2.14. The molecular weight excluding hydrogens is 258 g/mol. The lowest BCUT2D eigenvalue weighted by Gasteiger charge is -2.25. The van der Waals surface area contributed by atoms with E-state index in [0.29, 0.717) is 12.3 Å². The smallest absolute Gasteiger partial charge is 0.232 e. The normalized spacial score (nSPS) is 11.4. The molecule has 0 aromatic heterocycles. The SMILES string of the molecule is Cc1ccc(CSCC(=O)N(C)CC(C)(C)O)cc1. The second-order valence-electron chi connectivity index (χ2n) is 5.54. The van der Waals surface area contributed by atoms with Gasteiger partial charge in [0.25, 0.3) is 0 Å². The summed E-state index contributed by atoms with van der Waals surface area (Å²) in [7, 11) is 1.73. The Hall–Kier alpha value is -1.00. The third-order valence-electron chi connectivity index (χ3n) is 2.66. The predicted octanol–water partition coefficient (Wildman–Crippen LogP) is 2.46. The van der Waals surface area contributed by atoms with E-state index in [9.17, 15) is 9.90 Å². The minimum absolute atomic E-state index is 0.0548. The summed E-state index contributed by atoms with van der Waals surface area (Å²) in [5.41, 5.74) is 1.63. The summed E-state index contributed by atoms with van der Waals surface area (Å²) in [4.78, 5) is 13.4. The van der Waals surface area contributed by atoms with Gasteiger partial charge in [-0.25, -0.2) is 0 Å². The van der Waals surface area contributed by atoms with E-state index in [0.717, 1.165) is 5.75 Å². The topological polar surface area (TPSA) is 40.5 Å². The van der Waals surface area contributed by atoms with Crippen LogP contribution in [0.15, 0.2) is 24.3 Å². The van der Waals surface area contributed by atoms with Crippen molar-refractivity contribution in [1.82, 2.24) is 4.90 Å². The van der Waals surface area contributed by atoms with Crippen LogP contribution in [0.2, 0.25) is 0 Å². The van der Waals surface area contributed by atoms with Crippen LogP contribution in [0.5, 0.6) is 0 Å². The first-order valence-electron chi connectivity index (χ1n) is 6.37. The summed E-state index contributed by atoms with van der Waals surface area (Å²) in [6.45, 7) is 5.83. The Morgan fingerprint density at radius 1 is 1.32 bits per heavy atom. The first kappa shape index (κ1) is 16.1. The molecule has 1 N–H and O–H groups in total. The molecule has 1 amide bonds. The third-order valence-corrected chi connectivity index (χ3v) is 3.65. The molecule has 106 valence electrons. The molecule has 0 unspecified atom stereocenters.